The van der Waals surface area contributed by atoms with Gasteiger partial charge in [0.15, 0.2) is 17.2 Å². The number of phenols is 1. The van der Waals surface area contributed by atoms with E-state index in [0.29, 0.717) is 17.9 Å². The van der Waals surface area contributed by atoms with Gasteiger partial charge in [0.1, 0.15) is 22.8 Å². The van der Waals surface area contributed by atoms with Gasteiger partial charge in [0.05, 0.1) is 5.56 Å². The summed E-state index contributed by atoms with van der Waals surface area (Å²) in [5.41, 5.74) is -4.22. The minimum atomic E-state index is -2.62. The van der Waals surface area contributed by atoms with E-state index in [1.165, 1.54) is 25.7 Å². The van der Waals surface area contributed by atoms with Crippen molar-refractivity contribution < 1.29 is 34.8 Å². The lowest BCUT2D eigenvalue weighted by molar-refractivity contribution is -0.195. The van der Waals surface area contributed by atoms with E-state index in [-0.39, 0.29) is 22.8 Å². The van der Waals surface area contributed by atoms with Crippen LogP contribution < -0.4 is 0 Å². The Kier molecular flexibility index (Phi) is 8.01. The van der Waals surface area contributed by atoms with Gasteiger partial charge in [-0.2, -0.15) is 0 Å². The second-order valence-corrected chi connectivity index (χ2v) is 15.1. The third-order valence-corrected chi connectivity index (χ3v) is 12.8. The molecule has 240 valence electrons. The SMILES string of the molecule is CCCC1CCC(Cc2ccc3c(c2O)C(O)=C2C(=O)[C@@]4(O)C(O)=C(C(C)=O)C(=O)C(C(C)C)[C@@]4(C)[C@H](C)[C@@]2(C)[C@@H]3C)CC1. The van der Waals surface area contributed by atoms with Crippen LogP contribution in [0.15, 0.2) is 29.0 Å². The van der Waals surface area contributed by atoms with E-state index in [1.54, 1.807) is 6.92 Å². The van der Waals surface area contributed by atoms with Crippen molar-refractivity contribution in [3.05, 3.63) is 45.7 Å². The molecule has 0 amide bonds. The Labute approximate surface area is 261 Å². The van der Waals surface area contributed by atoms with Crippen molar-refractivity contribution in [2.24, 2.45) is 40.4 Å². The third-order valence-electron chi connectivity index (χ3n) is 12.8. The van der Waals surface area contributed by atoms with Crippen LogP contribution in [0.1, 0.15) is 117 Å². The molecule has 1 unspecified atom stereocenters. The standard InChI is InChI=1S/C37H50O7/c1-9-10-22-11-13-23(14-12-22)17-24-15-16-25-19(4)35(7)21(6)36(8)28(18(2)3)31(40)26(20(5)38)33(42)37(36,44)34(43)29(35)32(41)27(25)30(24)39/h15-16,18-19,21-23,28,39,41-42,44H,9-14,17H2,1-8H3/t19-,21-,22?,23?,28?,35-,36-,37+/m1/s1. The van der Waals surface area contributed by atoms with Gasteiger partial charge < -0.3 is 20.4 Å². The Hall–Kier alpha value is -2.93. The fourth-order valence-corrected chi connectivity index (χ4v) is 10.0. The summed E-state index contributed by atoms with van der Waals surface area (Å²) in [7, 11) is 0. The number of aliphatic hydroxyl groups excluding tert-OH is 2. The zero-order valence-electron chi connectivity index (χ0n) is 27.6. The monoisotopic (exact) mass is 606 g/mol. The molecule has 0 saturated heterocycles. The summed E-state index contributed by atoms with van der Waals surface area (Å²) in [5.74, 6) is -4.78. The van der Waals surface area contributed by atoms with E-state index in [1.807, 2.05) is 46.8 Å². The number of aliphatic hydroxyl groups is 3. The number of carbonyl (C=O) groups excluding carboxylic acids is 3. The zero-order chi connectivity index (χ0) is 32.7. The number of phenolic OH excluding ortho intramolecular Hbond substituents is 1. The Morgan fingerprint density at radius 3 is 2.14 bits per heavy atom. The van der Waals surface area contributed by atoms with Gasteiger partial charge in [-0.25, -0.2) is 0 Å². The maximum absolute atomic E-state index is 14.7. The largest absolute Gasteiger partial charge is 0.508 e. The maximum Gasteiger partial charge on any atom is 0.203 e. The molecular weight excluding hydrogens is 556 g/mol. The van der Waals surface area contributed by atoms with E-state index in [4.69, 9.17) is 0 Å². The molecule has 0 aromatic heterocycles. The number of hydrogen-bond donors (Lipinski definition) is 4. The second kappa shape index (κ2) is 10.9. The van der Waals surface area contributed by atoms with Gasteiger partial charge in [0.2, 0.25) is 5.78 Å². The molecule has 4 aliphatic carbocycles. The number of fused-ring (bicyclic) bond motifs is 3. The summed E-state index contributed by atoms with van der Waals surface area (Å²) in [4.78, 5) is 41.2. The molecule has 2 saturated carbocycles. The summed E-state index contributed by atoms with van der Waals surface area (Å²) in [5, 5.41) is 47.6. The molecule has 2 fully saturated rings. The summed E-state index contributed by atoms with van der Waals surface area (Å²) in [6, 6.07) is 3.88. The fraction of sp³-hybridized carbons (Fsp3) is 0.649. The quantitative estimate of drug-likeness (QED) is 0.253. The Morgan fingerprint density at radius 2 is 1.59 bits per heavy atom. The first-order valence-corrected chi connectivity index (χ1v) is 16.6. The lowest BCUT2D eigenvalue weighted by Gasteiger charge is -2.64. The number of Topliss-reactive ketones (excluding diaryl/α,β-unsaturated/α-hetero) is 3. The summed E-state index contributed by atoms with van der Waals surface area (Å²) in [6.45, 7) is 14.3. The maximum atomic E-state index is 14.7. The van der Waals surface area contributed by atoms with Crippen LogP contribution >= 0.6 is 0 Å². The predicted octanol–water partition coefficient (Wildman–Crippen LogP) is 7.15. The Balaban J connectivity index is 1.68. The van der Waals surface area contributed by atoms with Crippen molar-refractivity contribution in [3.8, 4) is 5.75 Å². The van der Waals surface area contributed by atoms with Crippen LogP contribution in [0.5, 0.6) is 5.75 Å². The van der Waals surface area contributed by atoms with Crippen molar-refractivity contribution in [3.63, 3.8) is 0 Å². The van der Waals surface area contributed by atoms with Gasteiger partial charge in [-0.15, -0.1) is 0 Å². The number of carbonyl (C=O) groups is 3. The van der Waals surface area contributed by atoms with E-state index >= 15 is 0 Å². The molecule has 0 aliphatic heterocycles. The number of benzene rings is 1. The number of allylic oxidation sites excluding steroid dienone is 1. The third kappa shape index (κ3) is 4.06. The van der Waals surface area contributed by atoms with Gasteiger partial charge in [-0.1, -0.05) is 86.3 Å². The number of ketones is 3. The van der Waals surface area contributed by atoms with Crippen LogP contribution in [0.2, 0.25) is 0 Å². The molecule has 0 bridgehead atoms. The highest BCUT2D eigenvalue weighted by atomic mass is 16.3. The molecule has 44 heavy (non-hydrogen) atoms. The van der Waals surface area contributed by atoms with Gasteiger partial charge in [0.25, 0.3) is 0 Å². The molecule has 7 heteroatoms. The van der Waals surface area contributed by atoms with Gasteiger partial charge in [0, 0.05) is 22.3 Å². The zero-order valence-corrected chi connectivity index (χ0v) is 27.6. The average molecular weight is 607 g/mol. The molecule has 0 radical (unpaired) electrons. The molecule has 0 spiro atoms. The highest BCUT2D eigenvalue weighted by Gasteiger charge is 2.75. The lowest BCUT2D eigenvalue weighted by atomic mass is 9.38. The van der Waals surface area contributed by atoms with Crippen LogP contribution in [0.3, 0.4) is 0 Å². The Bertz CT molecular complexity index is 1470. The van der Waals surface area contributed by atoms with Gasteiger partial charge in [-0.3, -0.25) is 14.4 Å². The van der Waals surface area contributed by atoms with E-state index in [2.05, 4.69) is 6.92 Å². The lowest BCUT2D eigenvalue weighted by Crippen LogP contribution is -2.72. The normalized spacial score (nSPS) is 37.2. The molecule has 7 nitrogen and oxygen atoms in total. The molecule has 6 atom stereocenters. The van der Waals surface area contributed by atoms with Crippen LogP contribution in [0, 0.1) is 40.4 Å². The predicted molar refractivity (Wildman–Crippen MR) is 169 cm³/mol. The smallest absolute Gasteiger partial charge is 0.203 e. The van der Waals surface area contributed by atoms with Crippen molar-refractivity contribution >= 4 is 23.1 Å². The van der Waals surface area contributed by atoms with Crippen LogP contribution in [0.4, 0.5) is 0 Å². The minimum absolute atomic E-state index is 0.0547. The number of rotatable bonds is 6. The summed E-state index contributed by atoms with van der Waals surface area (Å²) >= 11 is 0. The van der Waals surface area contributed by atoms with Crippen molar-refractivity contribution in [2.45, 2.75) is 112 Å². The Morgan fingerprint density at radius 1 is 1.00 bits per heavy atom. The highest BCUT2D eigenvalue weighted by molar-refractivity contribution is 6.24. The van der Waals surface area contributed by atoms with Crippen molar-refractivity contribution in [1.82, 2.24) is 0 Å². The van der Waals surface area contributed by atoms with Crippen LogP contribution in [0.25, 0.3) is 5.76 Å². The average Bonchev–Trinajstić information content (AvgIpc) is 2.95. The molecule has 4 aliphatic rings. The van der Waals surface area contributed by atoms with E-state index < -0.39 is 68.6 Å². The van der Waals surface area contributed by atoms with Gasteiger partial charge in [-0.05, 0) is 66.9 Å². The van der Waals surface area contributed by atoms with Crippen LogP contribution in [-0.2, 0) is 20.8 Å². The number of hydrogen-bond acceptors (Lipinski definition) is 7. The minimum Gasteiger partial charge on any atom is -0.508 e. The first-order valence-electron chi connectivity index (χ1n) is 16.6. The van der Waals surface area contributed by atoms with E-state index in [0.717, 1.165) is 31.2 Å². The van der Waals surface area contributed by atoms with Gasteiger partial charge >= 0.3 is 0 Å². The first kappa shape index (κ1) is 32.5. The molecular formula is C37H50O7. The molecule has 1 aromatic carbocycles. The molecule has 0 heterocycles. The van der Waals surface area contributed by atoms with Crippen molar-refractivity contribution in [2.75, 3.05) is 0 Å². The highest BCUT2D eigenvalue weighted by Crippen LogP contribution is 2.70. The summed E-state index contributed by atoms with van der Waals surface area (Å²) in [6.07, 6.45) is 7.64. The first-order chi connectivity index (χ1) is 20.5. The molecule has 5 rings (SSSR count). The topological polar surface area (TPSA) is 132 Å². The summed E-state index contributed by atoms with van der Waals surface area (Å²) < 4.78 is 0. The van der Waals surface area contributed by atoms with Crippen LogP contribution in [-0.4, -0.2) is 43.4 Å². The number of aromatic hydroxyl groups is 1. The fourth-order valence-electron chi connectivity index (χ4n) is 10.0. The second-order valence-electron chi connectivity index (χ2n) is 15.1. The van der Waals surface area contributed by atoms with E-state index in [9.17, 15) is 34.8 Å². The molecule has 1 aromatic rings. The molecule has 4 N–H and O–H groups in total. The van der Waals surface area contributed by atoms with Crippen molar-refractivity contribution in [1.29, 1.82) is 0 Å².